The van der Waals surface area contributed by atoms with Crippen LogP contribution in [-0.2, 0) is 9.59 Å². The van der Waals surface area contributed by atoms with Crippen LogP contribution in [0.4, 0.5) is 0 Å². The Morgan fingerprint density at radius 3 is 2.59 bits per heavy atom. The van der Waals surface area contributed by atoms with Crippen LogP contribution in [0.2, 0.25) is 0 Å². The lowest BCUT2D eigenvalue weighted by Crippen LogP contribution is -2.52. The molecule has 98 valence electrons. The van der Waals surface area contributed by atoms with Crippen LogP contribution in [0.5, 0.6) is 0 Å². The summed E-state index contributed by atoms with van der Waals surface area (Å²) in [5, 5.41) is 9.03. The van der Waals surface area contributed by atoms with E-state index in [1.165, 1.54) is 16.7 Å². The molecule has 1 amide bonds. The summed E-state index contributed by atoms with van der Waals surface area (Å²) in [6, 6.07) is -0.722. The maximum Gasteiger partial charge on any atom is 0.327 e. The fraction of sp³-hybridized carbons (Fsp3) is 0.818. The molecule has 0 aromatic rings. The summed E-state index contributed by atoms with van der Waals surface area (Å²) in [5.74, 6) is -0.634. The van der Waals surface area contributed by atoms with Crippen LogP contribution < -0.4 is 5.73 Å². The molecule has 0 saturated carbocycles. The first-order valence-corrected chi connectivity index (χ1v) is 6.79. The van der Waals surface area contributed by atoms with Gasteiger partial charge in [-0.05, 0) is 20.3 Å². The van der Waals surface area contributed by atoms with Crippen LogP contribution in [0, 0.1) is 5.41 Å². The van der Waals surface area contributed by atoms with Gasteiger partial charge in [0.1, 0.15) is 6.04 Å². The molecule has 1 saturated heterocycles. The molecule has 1 aliphatic heterocycles. The van der Waals surface area contributed by atoms with Crippen LogP contribution in [0.3, 0.4) is 0 Å². The molecule has 5 nitrogen and oxygen atoms in total. The molecule has 0 aromatic carbocycles. The highest BCUT2D eigenvalue weighted by Gasteiger charge is 2.45. The molecule has 17 heavy (non-hydrogen) atoms. The van der Waals surface area contributed by atoms with E-state index in [2.05, 4.69) is 0 Å². The first-order valence-electron chi connectivity index (χ1n) is 5.74. The largest absolute Gasteiger partial charge is 0.480 e. The first-order chi connectivity index (χ1) is 7.87. The Bertz CT molecular complexity index is 318. The third-order valence-corrected chi connectivity index (χ3v) is 4.71. The zero-order valence-corrected chi connectivity index (χ0v) is 11.3. The summed E-state index contributed by atoms with van der Waals surface area (Å²) in [5.41, 5.74) is 4.99. The summed E-state index contributed by atoms with van der Waals surface area (Å²) in [6.07, 6.45) is 0.614. The van der Waals surface area contributed by atoms with Gasteiger partial charge in [-0.15, -0.1) is 11.8 Å². The molecule has 1 aliphatic rings. The number of hydrogen-bond donors (Lipinski definition) is 2. The number of thioether (sulfide) groups is 1. The number of carboxylic acids is 1. The minimum atomic E-state index is -0.939. The van der Waals surface area contributed by atoms with Gasteiger partial charge in [-0.2, -0.15) is 0 Å². The van der Waals surface area contributed by atoms with Crippen molar-refractivity contribution in [2.45, 2.75) is 38.6 Å². The van der Waals surface area contributed by atoms with Gasteiger partial charge in [0.2, 0.25) is 5.91 Å². The van der Waals surface area contributed by atoms with Crippen LogP contribution in [0.15, 0.2) is 0 Å². The fourth-order valence-corrected chi connectivity index (χ4v) is 3.00. The zero-order chi connectivity index (χ0) is 13.2. The van der Waals surface area contributed by atoms with Crippen molar-refractivity contribution in [3.8, 4) is 0 Å². The van der Waals surface area contributed by atoms with Gasteiger partial charge in [0.25, 0.3) is 0 Å². The van der Waals surface area contributed by atoms with Gasteiger partial charge in [0.05, 0.1) is 10.8 Å². The number of nitrogens with zero attached hydrogens (tertiary/aromatic N) is 1. The number of nitrogens with two attached hydrogens (primary N) is 1. The zero-order valence-electron chi connectivity index (χ0n) is 10.5. The normalized spacial score (nSPS) is 27.9. The standard InChI is InChI=1S/C11H20N2O3S/c1-4-11(3,6-12)10(16)13-7(2)17-5-8(13)9(14)15/h7-8H,4-6,12H2,1-3H3,(H,14,15). The van der Waals surface area contributed by atoms with Crippen molar-refractivity contribution in [1.29, 1.82) is 0 Å². The Morgan fingerprint density at radius 2 is 2.18 bits per heavy atom. The minimum Gasteiger partial charge on any atom is -0.480 e. The highest BCUT2D eigenvalue weighted by Crippen LogP contribution is 2.34. The first kappa shape index (κ1) is 14.3. The van der Waals surface area contributed by atoms with E-state index < -0.39 is 17.4 Å². The average molecular weight is 260 g/mol. The summed E-state index contributed by atoms with van der Waals surface area (Å²) in [6.45, 7) is 5.79. The second-order valence-electron chi connectivity index (χ2n) is 4.62. The second kappa shape index (κ2) is 5.27. The van der Waals surface area contributed by atoms with E-state index in [1.54, 1.807) is 6.92 Å². The lowest BCUT2D eigenvalue weighted by molar-refractivity contribution is -0.153. The minimum absolute atomic E-state index is 0.0963. The molecule has 0 spiro atoms. The Hall–Kier alpha value is -0.750. The topological polar surface area (TPSA) is 83.6 Å². The number of amides is 1. The molecule has 3 atom stereocenters. The van der Waals surface area contributed by atoms with Gasteiger partial charge in [0, 0.05) is 12.3 Å². The number of carbonyl (C=O) groups is 2. The van der Waals surface area contributed by atoms with E-state index in [-0.39, 0.29) is 17.8 Å². The van der Waals surface area contributed by atoms with Crippen molar-refractivity contribution < 1.29 is 14.7 Å². The summed E-state index contributed by atoms with van der Waals surface area (Å²) in [7, 11) is 0. The highest BCUT2D eigenvalue weighted by molar-refractivity contribution is 8.00. The Labute approximate surface area is 106 Å². The van der Waals surface area contributed by atoms with Crippen LogP contribution >= 0.6 is 11.8 Å². The predicted molar refractivity (Wildman–Crippen MR) is 67.6 cm³/mol. The molecule has 0 aliphatic carbocycles. The molecule has 1 rings (SSSR count). The quantitative estimate of drug-likeness (QED) is 0.778. The lowest BCUT2D eigenvalue weighted by Gasteiger charge is -2.34. The van der Waals surface area contributed by atoms with Crippen LogP contribution in [0.25, 0.3) is 0 Å². The maximum absolute atomic E-state index is 12.4. The molecule has 0 aromatic heterocycles. The SMILES string of the molecule is CCC(C)(CN)C(=O)N1C(C)SCC1C(=O)O. The summed E-state index contributed by atoms with van der Waals surface area (Å²) < 4.78 is 0. The van der Waals surface area contributed by atoms with E-state index in [0.29, 0.717) is 12.2 Å². The molecule has 3 N–H and O–H groups in total. The van der Waals surface area contributed by atoms with Gasteiger partial charge < -0.3 is 15.7 Å². The molecule has 6 heteroatoms. The van der Waals surface area contributed by atoms with E-state index >= 15 is 0 Å². The van der Waals surface area contributed by atoms with Gasteiger partial charge in [-0.25, -0.2) is 4.79 Å². The van der Waals surface area contributed by atoms with E-state index in [1.807, 2.05) is 13.8 Å². The number of hydrogen-bond acceptors (Lipinski definition) is 4. The smallest absolute Gasteiger partial charge is 0.327 e. The third kappa shape index (κ3) is 2.57. The van der Waals surface area contributed by atoms with Crippen LogP contribution in [0.1, 0.15) is 27.2 Å². The number of carboxylic acid groups (broad SMARTS) is 1. The fourth-order valence-electron chi connectivity index (χ4n) is 1.84. The van der Waals surface area contributed by atoms with Crippen molar-refractivity contribution in [3.63, 3.8) is 0 Å². The van der Waals surface area contributed by atoms with Gasteiger partial charge >= 0.3 is 5.97 Å². The molecule has 1 fully saturated rings. The second-order valence-corrected chi connectivity index (χ2v) is 5.97. The van der Waals surface area contributed by atoms with Crippen molar-refractivity contribution in [2.75, 3.05) is 12.3 Å². The predicted octanol–water partition coefficient (Wildman–Crippen LogP) is 0.736. The van der Waals surface area contributed by atoms with Gasteiger partial charge in [-0.1, -0.05) is 6.92 Å². The van der Waals surface area contributed by atoms with E-state index in [9.17, 15) is 9.59 Å². The lowest BCUT2D eigenvalue weighted by atomic mass is 9.85. The number of rotatable bonds is 4. The Balaban J connectivity index is 2.96. The van der Waals surface area contributed by atoms with Crippen molar-refractivity contribution in [3.05, 3.63) is 0 Å². The van der Waals surface area contributed by atoms with Crippen molar-refractivity contribution >= 4 is 23.6 Å². The van der Waals surface area contributed by atoms with Gasteiger partial charge in [0.15, 0.2) is 0 Å². The molecule has 0 bridgehead atoms. The molecular weight excluding hydrogens is 240 g/mol. The summed E-state index contributed by atoms with van der Waals surface area (Å²) >= 11 is 1.49. The van der Waals surface area contributed by atoms with Gasteiger partial charge in [-0.3, -0.25) is 4.79 Å². The van der Waals surface area contributed by atoms with Crippen molar-refractivity contribution in [2.24, 2.45) is 11.1 Å². The number of carbonyl (C=O) groups excluding carboxylic acids is 1. The highest BCUT2D eigenvalue weighted by atomic mass is 32.2. The average Bonchev–Trinajstić information content (AvgIpc) is 2.69. The van der Waals surface area contributed by atoms with E-state index in [0.717, 1.165) is 0 Å². The monoisotopic (exact) mass is 260 g/mol. The molecule has 0 radical (unpaired) electrons. The maximum atomic E-state index is 12.4. The molecule has 1 heterocycles. The number of aliphatic carboxylic acids is 1. The third-order valence-electron chi connectivity index (χ3n) is 3.49. The molecular formula is C11H20N2O3S. The van der Waals surface area contributed by atoms with Crippen molar-refractivity contribution in [1.82, 2.24) is 4.90 Å². The van der Waals surface area contributed by atoms with Crippen LogP contribution in [-0.4, -0.2) is 45.6 Å². The summed E-state index contributed by atoms with van der Waals surface area (Å²) in [4.78, 5) is 25.0. The van der Waals surface area contributed by atoms with E-state index in [4.69, 9.17) is 10.8 Å². The molecule has 3 unspecified atom stereocenters. The Morgan fingerprint density at radius 1 is 1.59 bits per heavy atom. The Kier molecular flexibility index (Phi) is 4.43.